The van der Waals surface area contributed by atoms with E-state index in [1.54, 1.807) is 11.3 Å². The second kappa shape index (κ2) is 6.55. The Bertz CT molecular complexity index is 235. The third-order valence-corrected chi connectivity index (χ3v) is 3.53. The molecule has 0 spiro atoms. The molecule has 0 fully saturated rings. The molecule has 74 valence electrons. The van der Waals surface area contributed by atoms with Crippen LogP contribution in [0.4, 0.5) is 0 Å². The van der Waals surface area contributed by atoms with Crippen LogP contribution in [0.1, 0.15) is 36.4 Å². The number of alkyl halides is 1. The third-order valence-electron chi connectivity index (χ3n) is 1.94. The quantitative estimate of drug-likeness (QED) is 0.558. The van der Waals surface area contributed by atoms with Gasteiger partial charge in [-0.05, 0) is 26.2 Å². The van der Waals surface area contributed by atoms with Crippen molar-refractivity contribution in [2.75, 3.05) is 5.33 Å². The van der Waals surface area contributed by atoms with E-state index >= 15 is 0 Å². The Morgan fingerprint density at radius 2 is 2.08 bits per heavy atom. The molecule has 13 heavy (non-hydrogen) atoms. The molecule has 0 saturated carbocycles. The van der Waals surface area contributed by atoms with Crippen molar-refractivity contribution in [1.82, 2.24) is 4.98 Å². The Kier molecular flexibility index (Phi) is 5.63. The Balaban J connectivity index is 2.06. The Labute approximate surface area is 92.7 Å². The molecule has 0 bridgehead atoms. The Morgan fingerprint density at radius 3 is 2.69 bits per heavy atom. The lowest BCUT2D eigenvalue weighted by molar-refractivity contribution is 0.669. The van der Waals surface area contributed by atoms with Gasteiger partial charge in [0.1, 0.15) is 0 Å². The minimum atomic E-state index is 1.14. The predicted molar refractivity (Wildman–Crippen MR) is 62.8 cm³/mol. The molecule has 1 heterocycles. The normalized spacial score (nSPS) is 10.6. The average Bonchev–Trinajstić information content (AvgIpc) is 2.51. The van der Waals surface area contributed by atoms with E-state index in [1.807, 2.05) is 0 Å². The molecule has 0 atom stereocenters. The number of unbranched alkanes of at least 4 members (excludes halogenated alkanes) is 3. The lowest BCUT2D eigenvalue weighted by atomic mass is 10.2. The second-order valence-corrected chi connectivity index (χ2v) is 4.97. The maximum absolute atomic E-state index is 4.44. The van der Waals surface area contributed by atoms with Gasteiger partial charge in [0.15, 0.2) is 0 Å². The van der Waals surface area contributed by atoms with Crippen LogP contribution in [-0.2, 0) is 6.42 Å². The zero-order chi connectivity index (χ0) is 9.52. The molecule has 0 unspecified atom stereocenters. The number of aryl methyl sites for hydroxylation is 2. The van der Waals surface area contributed by atoms with E-state index in [0.29, 0.717) is 0 Å². The number of nitrogens with zero attached hydrogens (tertiary/aromatic N) is 1. The predicted octanol–water partition coefficient (Wildman–Crippen LogP) is 3.95. The summed E-state index contributed by atoms with van der Waals surface area (Å²) in [6, 6.07) is 0. The monoisotopic (exact) mass is 261 g/mol. The summed E-state index contributed by atoms with van der Waals surface area (Å²) in [7, 11) is 0. The lowest BCUT2D eigenvalue weighted by Crippen LogP contribution is -1.85. The number of halogens is 1. The van der Waals surface area contributed by atoms with Crippen molar-refractivity contribution in [3.63, 3.8) is 0 Å². The molecule has 3 heteroatoms. The molecular formula is C10H16BrNS. The molecule has 0 saturated heterocycles. The summed E-state index contributed by atoms with van der Waals surface area (Å²) >= 11 is 5.23. The first-order chi connectivity index (χ1) is 6.33. The summed E-state index contributed by atoms with van der Waals surface area (Å²) in [6.45, 7) is 2.06. The minimum absolute atomic E-state index is 1.14. The summed E-state index contributed by atoms with van der Waals surface area (Å²) in [4.78, 5) is 4.44. The van der Waals surface area contributed by atoms with Crippen molar-refractivity contribution in [3.8, 4) is 0 Å². The van der Waals surface area contributed by atoms with Gasteiger partial charge in [0.25, 0.3) is 0 Å². The van der Waals surface area contributed by atoms with Gasteiger partial charge >= 0.3 is 0 Å². The smallest absolute Gasteiger partial charge is 0.0928 e. The van der Waals surface area contributed by atoms with Crippen LogP contribution < -0.4 is 0 Å². The first-order valence-corrected chi connectivity index (χ1v) is 6.80. The van der Waals surface area contributed by atoms with Crippen molar-refractivity contribution in [1.29, 1.82) is 0 Å². The molecule has 1 aromatic rings. The Morgan fingerprint density at radius 1 is 1.31 bits per heavy atom. The molecule has 0 aliphatic heterocycles. The van der Waals surface area contributed by atoms with Crippen LogP contribution in [0.5, 0.6) is 0 Å². The fraction of sp³-hybridized carbons (Fsp3) is 0.700. The van der Waals surface area contributed by atoms with Crippen LogP contribution in [0.2, 0.25) is 0 Å². The van der Waals surface area contributed by atoms with E-state index < -0.39 is 0 Å². The number of thiazole rings is 1. The van der Waals surface area contributed by atoms with Crippen LogP contribution in [-0.4, -0.2) is 10.3 Å². The highest BCUT2D eigenvalue weighted by atomic mass is 79.9. The molecule has 0 amide bonds. The van der Waals surface area contributed by atoms with Gasteiger partial charge in [-0.3, -0.25) is 0 Å². The summed E-state index contributed by atoms with van der Waals surface area (Å²) < 4.78 is 0. The molecule has 1 aromatic heterocycles. The van der Waals surface area contributed by atoms with Gasteiger partial charge in [0, 0.05) is 16.4 Å². The molecular weight excluding hydrogens is 246 g/mol. The van der Waals surface area contributed by atoms with Gasteiger partial charge in [-0.2, -0.15) is 0 Å². The minimum Gasteiger partial charge on any atom is -0.247 e. The van der Waals surface area contributed by atoms with Gasteiger partial charge in [0.2, 0.25) is 0 Å². The van der Waals surface area contributed by atoms with Crippen LogP contribution in [0.25, 0.3) is 0 Å². The fourth-order valence-electron chi connectivity index (χ4n) is 1.24. The molecule has 1 nitrogen and oxygen atoms in total. The fourth-order valence-corrected chi connectivity index (χ4v) is 2.46. The Hall–Kier alpha value is 0.110. The van der Waals surface area contributed by atoms with E-state index in [0.717, 1.165) is 5.33 Å². The second-order valence-electron chi connectivity index (χ2n) is 3.24. The maximum atomic E-state index is 4.44. The van der Waals surface area contributed by atoms with E-state index in [9.17, 15) is 0 Å². The standard InChI is InChI=1S/C10H16BrNS/c1-9-8-13-10(12-9)6-4-2-3-5-7-11/h8H,2-7H2,1H3. The van der Waals surface area contributed by atoms with Crippen LogP contribution in [0, 0.1) is 6.92 Å². The maximum Gasteiger partial charge on any atom is 0.0928 e. The van der Waals surface area contributed by atoms with Gasteiger partial charge in [0.05, 0.1) is 5.01 Å². The molecule has 0 aliphatic rings. The summed E-state index contributed by atoms with van der Waals surface area (Å²) in [5.41, 5.74) is 1.17. The van der Waals surface area contributed by atoms with Crippen LogP contribution in [0.3, 0.4) is 0 Å². The topological polar surface area (TPSA) is 12.9 Å². The van der Waals surface area contributed by atoms with Gasteiger partial charge in [-0.15, -0.1) is 11.3 Å². The number of hydrogen-bond donors (Lipinski definition) is 0. The zero-order valence-corrected chi connectivity index (χ0v) is 10.5. The van der Waals surface area contributed by atoms with Crippen molar-refractivity contribution in [2.45, 2.75) is 39.0 Å². The van der Waals surface area contributed by atoms with Crippen molar-refractivity contribution < 1.29 is 0 Å². The zero-order valence-electron chi connectivity index (χ0n) is 8.05. The third kappa shape index (κ3) is 4.77. The van der Waals surface area contributed by atoms with Crippen molar-refractivity contribution in [3.05, 3.63) is 16.1 Å². The number of aromatic nitrogens is 1. The highest BCUT2D eigenvalue weighted by molar-refractivity contribution is 9.09. The summed E-state index contributed by atoms with van der Waals surface area (Å²) in [5, 5.41) is 4.58. The highest BCUT2D eigenvalue weighted by Crippen LogP contribution is 2.13. The van der Waals surface area contributed by atoms with E-state index in [4.69, 9.17) is 0 Å². The summed E-state index contributed by atoms with van der Waals surface area (Å²) in [5.74, 6) is 0. The molecule has 0 radical (unpaired) electrons. The molecule has 0 aliphatic carbocycles. The first-order valence-electron chi connectivity index (χ1n) is 4.80. The molecule has 0 aromatic carbocycles. The number of rotatable bonds is 6. The van der Waals surface area contributed by atoms with E-state index in [1.165, 1.54) is 42.8 Å². The molecule has 1 rings (SSSR count). The average molecular weight is 262 g/mol. The highest BCUT2D eigenvalue weighted by Gasteiger charge is 1.97. The van der Waals surface area contributed by atoms with Crippen molar-refractivity contribution >= 4 is 27.3 Å². The van der Waals surface area contributed by atoms with Crippen molar-refractivity contribution in [2.24, 2.45) is 0 Å². The first kappa shape index (κ1) is 11.2. The van der Waals surface area contributed by atoms with E-state index in [2.05, 4.69) is 33.2 Å². The van der Waals surface area contributed by atoms with Crippen LogP contribution >= 0.6 is 27.3 Å². The van der Waals surface area contributed by atoms with E-state index in [-0.39, 0.29) is 0 Å². The van der Waals surface area contributed by atoms with Gasteiger partial charge in [-0.1, -0.05) is 28.8 Å². The summed E-state index contributed by atoms with van der Waals surface area (Å²) in [6.07, 6.45) is 6.44. The van der Waals surface area contributed by atoms with Crippen LogP contribution in [0.15, 0.2) is 5.38 Å². The SMILES string of the molecule is Cc1csc(CCCCCCBr)n1. The molecule has 0 N–H and O–H groups in total. The number of hydrogen-bond acceptors (Lipinski definition) is 2. The largest absolute Gasteiger partial charge is 0.247 e. The van der Waals surface area contributed by atoms with Gasteiger partial charge in [-0.25, -0.2) is 4.98 Å². The van der Waals surface area contributed by atoms with Gasteiger partial charge < -0.3 is 0 Å². The lowest BCUT2D eigenvalue weighted by Gasteiger charge is -1.96.